The third-order valence-electron chi connectivity index (χ3n) is 2.26. The number of hydrogen-bond acceptors (Lipinski definition) is 6. The Bertz CT molecular complexity index is 529. The SMILES string of the molecule is COc1cc(CO)ccc1Oc1ncc(N)cn1. The summed E-state index contributed by atoms with van der Waals surface area (Å²) in [6.07, 6.45) is 2.91. The summed E-state index contributed by atoms with van der Waals surface area (Å²) in [5.74, 6) is 0.974. The van der Waals surface area contributed by atoms with E-state index in [1.54, 1.807) is 18.2 Å². The zero-order chi connectivity index (χ0) is 13.0. The van der Waals surface area contributed by atoms with Crippen LogP contribution in [0.5, 0.6) is 17.5 Å². The van der Waals surface area contributed by atoms with Crippen molar-refractivity contribution in [2.45, 2.75) is 6.61 Å². The molecule has 1 aromatic heterocycles. The molecule has 0 amide bonds. The number of rotatable bonds is 4. The molecule has 3 N–H and O–H groups in total. The van der Waals surface area contributed by atoms with Crippen LogP contribution in [0.4, 0.5) is 5.69 Å². The second-order valence-electron chi connectivity index (χ2n) is 3.54. The Labute approximate surface area is 104 Å². The van der Waals surface area contributed by atoms with Gasteiger partial charge in [-0.2, -0.15) is 0 Å². The summed E-state index contributed by atoms with van der Waals surface area (Å²) in [4.78, 5) is 7.86. The van der Waals surface area contributed by atoms with E-state index in [2.05, 4.69) is 9.97 Å². The predicted molar refractivity (Wildman–Crippen MR) is 65.4 cm³/mol. The molecule has 0 saturated heterocycles. The van der Waals surface area contributed by atoms with Crippen LogP contribution in [0, 0.1) is 0 Å². The van der Waals surface area contributed by atoms with E-state index < -0.39 is 0 Å². The van der Waals surface area contributed by atoms with E-state index in [0.29, 0.717) is 17.2 Å². The summed E-state index contributed by atoms with van der Waals surface area (Å²) in [5, 5.41) is 9.03. The first-order valence-corrected chi connectivity index (χ1v) is 5.26. The Balaban J connectivity index is 2.25. The average Bonchev–Trinajstić information content (AvgIpc) is 2.41. The van der Waals surface area contributed by atoms with Gasteiger partial charge in [0.25, 0.3) is 0 Å². The van der Waals surface area contributed by atoms with E-state index in [1.807, 2.05) is 0 Å². The molecule has 0 aliphatic heterocycles. The summed E-state index contributed by atoms with van der Waals surface area (Å²) in [6, 6.07) is 5.28. The smallest absolute Gasteiger partial charge is 0.322 e. The van der Waals surface area contributed by atoms with Gasteiger partial charge >= 0.3 is 6.01 Å². The van der Waals surface area contributed by atoms with Gasteiger partial charge in [-0.1, -0.05) is 6.07 Å². The van der Waals surface area contributed by atoms with Gasteiger partial charge in [-0.3, -0.25) is 0 Å². The quantitative estimate of drug-likeness (QED) is 0.847. The van der Waals surface area contributed by atoms with E-state index in [-0.39, 0.29) is 12.6 Å². The normalized spacial score (nSPS) is 10.1. The average molecular weight is 247 g/mol. The number of hydrogen-bond donors (Lipinski definition) is 2. The highest BCUT2D eigenvalue weighted by atomic mass is 16.5. The van der Waals surface area contributed by atoms with E-state index in [0.717, 1.165) is 5.56 Å². The lowest BCUT2D eigenvalue weighted by molar-refractivity contribution is 0.280. The lowest BCUT2D eigenvalue weighted by Gasteiger charge is -2.09. The monoisotopic (exact) mass is 247 g/mol. The molecule has 0 aliphatic carbocycles. The summed E-state index contributed by atoms with van der Waals surface area (Å²) in [6.45, 7) is -0.0605. The number of nitrogens with two attached hydrogens (primary N) is 1. The van der Waals surface area contributed by atoms with Crippen LogP contribution >= 0.6 is 0 Å². The molecular weight excluding hydrogens is 234 g/mol. The molecule has 1 heterocycles. The Kier molecular flexibility index (Phi) is 3.59. The van der Waals surface area contributed by atoms with Crippen LogP contribution < -0.4 is 15.2 Å². The minimum Gasteiger partial charge on any atom is -0.493 e. The fraction of sp³-hybridized carbons (Fsp3) is 0.167. The van der Waals surface area contributed by atoms with Crippen LogP contribution in [0.3, 0.4) is 0 Å². The van der Waals surface area contributed by atoms with Crippen molar-refractivity contribution in [1.29, 1.82) is 0 Å². The summed E-state index contributed by atoms with van der Waals surface area (Å²) >= 11 is 0. The second-order valence-corrected chi connectivity index (χ2v) is 3.54. The standard InChI is InChI=1S/C12H13N3O3/c1-17-11-4-8(7-16)2-3-10(11)18-12-14-5-9(13)6-15-12/h2-6,16H,7,13H2,1H3. The van der Waals surface area contributed by atoms with Gasteiger partial charge in [0, 0.05) is 0 Å². The molecule has 6 heteroatoms. The lowest BCUT2D eigenvalue weighted by Crippen LogP contribution is -1.96. The fourth-order valence-electron chi connectivity index (χ4n) is 1.37. The lowest BCUT2D eigenvalue weighted by atomic mass is 10.2. The summed E-state index contributed by atoms with van der Waals surface area (Å²) < 4.78 is 10.6. The molecule has 94 valence electrons. The van der Waals surface area contributed by atoms with Crippen molar-refractivity contribution < 1.29 is 14.6 Å². The van der Waals surface area contributed by atoms with Gasteiger partial charge in [-0.25, -0.2) is 9.97 Å². The van der Waals surface area contributed by atoms with Crippen LogP contribution in [0.2, 0.25) is 0 Å². The zero-order valence-corrected chi connectivity index (χ0v) is 9.83. The molecule has 6 nitrogen and oxygen atoms in total. The highest BCUT2D eigenvalue weighted by molar-refractivity contribution is 5.44. The molecule has 0 fully saturated rings. The Hall–Kier alpha value is -2.34. The number of nitrogen functional groups attached to an aromatic ring is 1. The first kappa shape index (κ1) is 12.1. The van der Waals surface area contributed by atoms with Gasteiger partial charge in [0.15, 0.2) is 11.5 Å². The topological polar surface area (TPSA) is 90.5 Å². The molecule has 0 unspecified atom stereocenters. The number of aromatic nitrogens is 2. The van der Waals surface area contributed by atoms with Crippen molar-refractivity contribution in [3.63, 3.8) is 0 Å². The number of anilines is 1. The molecule has 0 saturated carbocycles. The first-order valence-electron chi connectivity index (χ1n) is 5.26. The van der Waals surface area contributed by atoms with Crippen molar-refractivity contribution in [1.82, 2.24) is 9.97 Å². The Morgan fingerprint density at radius 2 is 1.94 bits per heavy atom. The molecule has 2 rings (SSSR count). The number of methoxy groups -OCH3 is 1. The van der Waals surface area contributed by atoms with E-state index in [1.165, 1.54) is 19.5 Å². The van der Waals surface area contributed by atoms with Gasteiger partial charge in [0.05, 0.1) is 31.8 Å². The fourth-order valence-corrected chi connectivity index (χ4v) is 1.37. The summed E-state index contributed by atoms with van der Waals surface area (Å²) in [7, 11) is 1.52. The molecule has 0 bridgehead atoms. The summed E-state index contributed by atoms with van der Waals surface area (Å²) in [5.41, 5.74) is 6.68. The largest absolute Gasteiger partial charge is 0.493 e. The Morgan fingerprint density at radius 1 is 1.22 bits per heavy atom. The van der Waals surface area contributed by atoms with Crippen LogP contribution in [0.15, 0.2) is 30.6 Å². The minimum atomic E-state index is -0.0605. The molecule has 0 aliphatic rings. The number of benzene rings is 1. The highest BCUT2D eigenvalue weighted by Gasteiger charge is 2.08. The van der Waals surface area contributed by atoms with E-state index in [4.69, 9.17) is 20.3 Å². The predicted octanol–water partition coefficient (Wildman–Crippen LogP) is 1.35. The van der Waals surface area contributed by atoms with Crippen LogP contribution in [-0.2, 0) is 6.61 Å². The highest BCUT2D eigenvalue weighted by Crippen LogP contribution is 2.30. The maximum Gasteiger partial charge on any atom is 0.322 e. The minimum absolute atomic E-state index is 0.0605. The van der Waals surface area contributed by atoms with Crippen molar-refractivity contribution in [2.24, 2.45) is 0 Å². The van der Waals surface area contributed by atoms with Gasteiger partial charge in [0.2, 0.25) is 0 Å². The van der Waals surface area contributed by atoms with Crippen molar-refractivity contribution in [3.8, 4) is 17.5 Å². The molecule has 18 heavy (non-hydrogen) atoms. The van der Waals surface area contributed by atoms with Gasteiger partial charge in [-0.05, 0) is 17.7 Å². The molecule has 2 aromatic rings. The van der Waals surface area contributed by atoms with Crippen molar-refractivity contribution >= 4 is 5.69 Å². The second kappa shape index (κ2) is 5.33. The first-order chi connectivity index (χ1) is 8.72. The third-order valence-corrected chi connectivity index (χ3v) is 2.26. The van der Waals surface area contributed by atoms with Gasteiger partial charge in [0.1, 0.15) is 0 Å². The van der Waals surface area contributed by atoms with Crippen molar-refractivity contribution in [3.05, 3.63) is 36.2 Å². The molecule has 0 radical (unpaired) electrons. The van der Waals surface area contributed by atoms with Crippen LogP contribution in [0.25, 0.3) is 0 Å². The third kappa shape index (κ3) is 2.67. The van der Waals surface area contributed by atoms with Crippen molar-refractivity contribution in [2.75, 3.05) is 12.8 Å². The maximum absolute atomic E-state index is 9.03. The van der Waals surface area contributed by atoms with Crippen LogP contribution in [-0.4, -0.2) is 22.2 Å². The number of ether oxygens (including phenoxy) is 2. The molecule has 0 atom stereocenters. The molecule has 0 spiro atoms. The van der Waals surface area contributed by atoms with Gasteiger partial charge < -0.3 is 20.3 Å². The zero-order valence-electron chi connectivity index (χ0n) is 9.83. The van der Waals surface area contributed by atoms with Crippen LogP contribution in [0.1, 0.15) is 5.56 Å². The number of nitrogens with zero attached hydrogens (tertiary/aromatic N) is 2. The number of aliphatic hydroxyl groups is 1. The van der Waals surface area contributed by atoms with E-state index >= 15 is 0 Å². The molecular formula is C12H13N3O3. The molecule has 1 aromatic carbocycles. The van der Waals surface area contributed by atoms with Gasteiger partial charge in [-0.15, -0.1) is 0 Å². The maximum atomic E-state index is 9.03. The van der Waals surface area contributed by atoms with E-state index in [9.17, 15) is 0 Å². The number of aliphatic hydroxyl groups excluding tert-OH is 1. The Morgan fingerprint density at radius 3 is 2.56 bits per heavy atom.